The summed E-state index contributed by atoms with van der Waals surface area (Å²) in [6.07, 6.45) is 1.24. The van der Waals surface area contributed by atoms with Gasteiger partial charge in [0, 0.05) is 12.2 Å². The van der Waals surface area contributed by atoms with Crippen LogP contribution in [0.2, 0.25) is 0 Å². The fourth-order valence-electron chi connectivity index (χ4n) is 2.09. The fourth-order valence-corrected chi connectivity index (χ4v) is 2.09. The van der Waals surface area contributed by atoms with Crippen LogP contribution in [-0.2, 0) is 9.53 Å². The van der Waals surface area contributed by atoms with Crippen molar-refractivity contribution in [1.29, 1.82) is 0 Å². The molecule has 4 heteroatoms. The van der Waals surface area contributed by atoms with Gasteiger partial charge in [-0.25, -0.2) is 0 Å². The summed E-state index contributed by atoms with van der Waals surface area (Å²) >= 11 is 0. The van der Waals surface area contributed by atoms with Crippen molar-refractivity contribution in [3.8, 4) is 0 Å². The lowest BCUT2D eigenvalue weighted by atomic mass is 9.97. The van der Waals surface area contributed by atoms with Crippen LogP contribution in [0.5, 0.6) is 0 Å². The summed E-state index contributed by atoms with van der Waals surface area (Å²) in [5.41, 5.74) is 0.806. The van der Waals surface area contributed by atoms with Gasteiger partial charge in [-0.2, -0.15) is 0 Å². The third-order valence-corrected chi connectivity index (χ3v) is 3.24. The molecule has 0 saturated carbocycles. The highest BCUT2D eigenvalue weighted by Gasteiger charge is 2.22. The lowest BCUT2D eigenvalue weighted by Crippen LogP contribution is -2.42. The van der Waals surface area contributed by atoms with Crippen molar-refractivity contribution in [2.45, 2.75) is 19.4 Å². The van der Waals surface area contributed by atoms with E-state index >= 15 is 0 Å². The molecule has 2 rings (SSSR count). The average Bonchev–Trinajstić information content (AvgIpc) is 2.39. The maximum absolute atomic E-state index is 11.7. The van der Waals surface area contributed by atoms with Crippen LogP contribution in [0.4, 0.5) is 5.69 Å². The number of hydrogen-bond donors (Lipinski definition) is 2. The van der Waals surface area contributed by atoms with Gasteiger partial charge in [-0.15, -0.1) is 0 Å². The molecule has 98 valence electrons. The first-order valence-corrected chi connectivity index (χ1v) is 6.43. The number of carbonyl (C=O) groups excluding carboxylic acids is 1. The second-order valence-electron chi connectivity index (χ2n) is 4.73. The van der Waals surface area contributed by atoms with Crippen LogP contribution in [0.1, 0.15) is 13.3 Å². The molecule has 1 aliphatic rings. The second kappa shape index (κ2) is 6.52. The SMILES string of the molecule is CC1CCNCC1OCC(=O)Nc1ccccc1. The smallest absolute Gasteiger partial charge is 0.250 e. The van der Waals surface area contributed by atoms with Crippen molar-refractivity contribution in [1.82, 2.24) is 5.32 Å². The Bertz CT molecular complexity index is 381. The van der Waals surface area contributed by atoms with Crippen LogP contribution in [0.25, 0.3) is 0 Å². The number of para-hydroxylation sites is 1. The number of amides is 1. The number of carbonyl (C=O) groups is 1. The molecule has 0 bridgehead atoms. The summed E-state index contributed by atoms with van der Waals surface area (Å²) in [5, 5.41) is 6.09. The fraction of sp³-hybridized carbons (Fsp3) is 0.500. The summed E-state index contributed by atoms with van der Waals surface area (Å²) in [7, 11) is 0. The predicted octanol–water partition coefficient (Wildman–Crippen LogP) is 1.64. The van der Waals surface area contributed by atoms with Crippen LogP contribution in [0, 0.1) is 5.92 Å². The molecule has 0 radical (unpaired) electrons. The van der Waals surface area contributed by atoms with E-state index in [2.05, 4.69) is 17.6 Å². The molecule has 0 spiro atoms. The van der Waals surface area contributed by atoms with Gasteiger partial charge in [0.05, 0.1) is 6.10 Å². The lowest BCUT2D eigenvalue weighted by Gasteiger charge is -2.29. The highest BCUT2D eigenvalue weighted by Crippen LogP contribution is 2.14. The standard InChI is InChI=1S/C14H20N2O2/c1-11-7-8-15-9-13(11)18-10-14(17)16-12-5-3-2-4-6-12/h2-6,11,13,15H,7-10H2,1H3,(H,16,17). The summed E-state index contributed by atoms with van der Waals surface area (Å²) in [6, 6.07) is 9.43. The van der Waals surface area contributed by atoms with Gasteiger partial charge < -0.3 is 15.4 Å². The zero-order valence-corrected chi connectivity index (χ0v) is 10.7. The van der Waals surface area contributed by atoms with E-state index in [1.807, 2.05) is 30.3 Å². The van der Waals surface area contributed by atoms with Gasteiger partial charge in [-0.3, -0.25) is 4.79 Å². The summed E-state index contributed by atoms with van der Waals surface area (Å²) in [4.78, 5) is 11.7. The highest BCUT2D eigenvalue weighted by atomic mass is 16.5. The molecule has 0 aliphatic carbocycles. The van der Waals surface area contributed by atoms with Crippen LogP contribution < -0.4 is 10.6 Å². The van der Waals surface area contributed by atoms with Crippen LogP contribution >= 0.6 is 0 Å². The minimum atomic E-state index is -0.0982. The van der Waals surface area contributed by atoms with Gasteiger partial charge in [-0.1, -0.05) is 25.1 Å². The topological polar surface area (TPSA) is 50.4 Å². The number of anilines is 1. The normalized spacial score (nSPS) is 23.6. The maximum Gasteiger partial charge on any atom is 0.250 e. The zero-order chi connectivity index (χ0) is 12.8. The van der Waals surface area contributed by atoms with E-state index in [1.54, 1.807) is 0 Å². The van der Waals surface area contributed by atoms with E-state index in [0.717, 1.165) is 25.2 Å². The summed E-state index contributed by atoms with van der Waals surface area (Å²) < 4.78 is 5.65. The number of hydrogen-bond acceptors (Lipinski definition) is 3. The quantitative estimate of drug-likeness (QED) is 0.851. The minimum Gasteiger partial charge on any atom is -0.367 e. The van der Waals surface area contributed by atoms with Gasteiger partial charge in [-0.05, 0) is 31.0 Å². The van der Waals surface area contributed by atoms with Crippen LogP contribution in [0.15, 0.2) is 30.3 Å². The Morgan fingerprint density at radius 2 is 2.22 bits per heavy atom. The van der Waals surface area contributed by atoms with E-state index in [-0.39, 0.29) is 18.6 Å². The Morgan fingerprint density at radius 1 is 1.44 bits per heavy atom. The molecule has 1 aromatic carbocycles. The molecule has 1 heterocycles. The zero-order valence-electron chi connectivity index (χ0n) is 10.7. The van der Waals surface area contributed by atoms with Crippen molar-refractivity contribution >= 4 is 11.6 Å². The number of rotatable bonds is 4. The molecule has 1 fully saturated rings. The van der Waals surface area contributed by atoms with Gasteiger partial charge in [0.25, 0.3) is 0 Å². The van der Waals surface area contributed by atoms with Gasteiger partial charge in [0.15, 0.2) is 0 Å². The van der Waals surface area contributed by atoms with E-state index in [9.17, 15) is 4.79 Å². The molecule has 1 saturated heterocycles. The molecular formula is C14H20N2O2. The Kier molecular flexibility index (Phi) is 4.73. The maximum atomic E-state index is 11.7. The number of piperidine rings is 1. The number of ether oxygens (including phenoxy) is 1. The van der Waals surface area contributed by atoms with Crippen LogP contribution in [-0.4, -0.2) is 31.7 Å². The largest absolute Gasteiger partial charge is 0.367 e. The average molecular weight is 248 g/mol. The molecule has 2 N–H and O–H groups in total. The first-order valence-electron chi connectivity index (χ1n) is 6.43. The van der Waals surface area contributed by atoms with Gasteiger partial charge in [0.2, 0.25) is 5.91 Å². The molecule has 4 nitrogen and oxygen atoms in total. The second-order valence-corrected chi connectivity index (χ2v) is 4.73. The van der Waals surface area contributed by atoms with E-state index in [4.69, 9.17) is 4.74 Å². The van der Waals surface area contributed by atoms with Crippen molar-refractivity contribution < 1.29 is 9.53 Å². The minimum absolute atomic E-state index is 0.0982. The van der Waals surface area contributed by atoms with Crippen molar-refractivity contribution in [3.63, 3.8) is 0 Å². The van der Waals surface area contributed by atoms with E-state index in [1.165, 1.54) is 0 Å². The molecular weight excluding hydrogens is 228 g/mol. The van der Waals surface area contributed by atoms with Crippen molar-refractivity contribution in [2.75, 3.05) is 25.0 Å². The number of nitrogens with one attached hydrogen (secondary N) is 2. The Hall–Kier alpha value is -1.39. The third kappa shape index (κ3) is 3.82. The Morgan fingerprint density at radius 3 is 2.94 bits per heavy atom. The summed E-state index contributed by atoms with van der Waals surface area (Å²) in [5.74, 6) is 0.412. The van der Waals surface area contributed by atoms with Gasteiger partial charge >= 0.3 is 0 Å². The lowest BCUT2D eigenvalue weighted by molar-refractivity contribution is -0.124. The Labute approximate surface area is 108 Å². The molecule has 2 unspecified atom stereocenters. The van der Waals surface area contributed by atoms with E-state index < -0.39 is 0 Å². The third-order valence-electron chi connectivity index (χ3n) is 3.24. The molecule has 1 amide bonds. The number of benzene rings is 1. The summed E-state index contributed by atoms with van der Waals surface area (Å²) in [6.45, 7) is 4.16. The monoisotopic (exact) mass is 248 g/mol. The van der Waals surface area contributed by atoms with Crippen molar-refractivity contribution in [3.05, 3.63) is 30.3 Å². The first-order chi connectivity index (χ1) is 8.75. The molecule has 0 aromatic heterocycles. The molecule has 1 aliphatic heterocycles. The van der Waals surface area contributed by atoms with E-state index in [0.29, 0.717) is 5.92 Å². The molecule has 2 atom stereocenters. The molecule has 1 aromatic rings. The van der Waals surface area contributed by atoms with Crippen molar-refractivity contribution in [2.24, 2.45) is 5.92 Å². The highest BCUT2D eigenvalue weighted by molar-refractivity contribution is 5.91. The van der Waals surface area contributed by atoms with Crippen LogP contribution in [0.3, 0.4) is 0 Å². The Balaban J connectivity index is 1.74. The molecule has 18 heavy (non-hydrogen) atoms. The predicted molar refractivity (Wildman–Crippen MR) is 71.5 cm³/mol. The van der Waals surface area contributed by atoms with Gasteiger partial charge in [0.1, 0.15) is 6.61 Å². The first kappa shape index (κ1) is 13.1.